The fraction of sp³-hybridized carbons (Fsp3) is 0.857. The summed E-state index contributed by atoms with van der Waals surface area (Å²) in [7, 11) is 2.25. The zero-order valence-corrected chi connectivity index (χ0v) is 11.4. The van der Waals surface area contributed by atoms with Crippen LogP contribution in [0.1, 0.15) is 66.2 Å². The van der Waals surface area contributed by atoms with Crippen LogP contribution in [0.4, 0.5) is 0 Å². The molecular weight excluding hydrogens is 182 g/mol. The van der Waals surface area contributed by atoms with Crippen LogP contribution in [0.5, 0.6) is 0 Å². The van der Waals surface area contributed by atoms with Crippen molar-refractivity contribution in [2.45, 2.75) is 66.2 Å². The molecule has 1 aliphatic carbocycles. The molecule has 0 radical (unpaired) electrons. The Morgan fingerprint density at radius 1 is 0.800 bits per heavy atom. The standard InChI is InChI=1S/C10H17N.2C2H6/c1-11-8-4-6-9-5-2-3-7-10(9)11;2*1-2/h2-8H2,1H3;2*1-2H3. The summed E-state index contributed by atoms with van der Waals surface area (Å²) in [4.78, 5) is 2.47. The fourth-order valence-electron chi connectivity index (χ4n) is 2.35. The second-order valence-electron chi connectivity index (χ2n) is 3.78. The second kappa shape index (κ2) is 8.82. The monoisotopic (exact) mass is 211 g/mol. The van der Waals surface area contributed by atoms with Crippen molar-refractivity contribution in [1.82, 2.24) is 4.90 Å². The van der Waals surface area contributed by atoms with E-state index in [4.69, 9.17) is 0 Å². The predicted molar refractivity (Wildman–Crippen MR) is 70.1 cm³/mol. The highest BCUT2D eigenvalue weighted by Crippen LogP contribution is 2.32. The zero-order chi connectivity index (χ0) is 11.7. The van der Waals surface area contributed by atoms with Crippen LogP contribution in [0.25, 0.3) is 0 Å². The molecule has 0 aromatic carbocycles. The molecule has 0 aromatic rings. The molecular formula is C14H29N. The van der Waals surface area contributed by atoms with Crippen LogP contribution in [0.3, 0.4) is 0 Å². The lowest BCUT2D eigenvalue weighted by Gasteiger charge is -2.33. The first kappa shape index (κ1) is 14.5. The summed E-state index contributed by atoms with van der Waals surface area (Å²) < 4.78 is 0. The van der Waals surface area contributed by atoms with Gasteiger partial charge in [-0.15, -0.1) is 0 Å². The number of hydrogen-bond donors (Lipinski definition) is 0. The quantitative estimate of drug-likeness (QED) is 0.566. The average Bonchev–Trinajstić information content (AvgIpc) is 2.35. The van der Waals surface area contributed by atoms with Crippen molar-refractivity contribution < 1.29 is 0 Å². The molecule has 0 saturated carbocycles. The van der Waals surface area contributed by atoms with Gasteiger partial charge in [-0.3, -0.25) is 0 Å². The maximum absolute atomic E-state index is 2.47. The zero-order valence-electron chi connectivity index (χ0n) is 11.4. The lowest BCUT2D eigenvalue weighted by atomic mass is 9.90. The Hall–Kier alpha value is -0.460. The molecule has 1 heteroatoms. The lowest BCUT2D eigenvalue weighted by molar-refractivity contribution is 0.341. The van der Waals surface area contributed by atoms with E-state index in [-0.39, 0.29) is 0 Å². The van der Waals surface area contributed by atoms with E-state index in [1.807, 2.05) is 27.7 Å². The molecule has 0 unspecified atom stereocenters. The van der Waals surface area contributed by atoms with Gasteiger partial charge < -0.3 is 4.90 Å². The molecule has 1 nitrogen and oxygen atoms in total. The van der Waals surface area contributed by atoms with Gasteiger partial charge in [-0.2, -0.15) is 0 Å². The largest absolute Gasteiger partial charge is 0.378 e. The van der Waals surface area contributed by atoms with Gasteiger partial charge in [-0.25, -0.2) is 0 Å². The molecule has 0 aromatic heterocycles. The van der Waals surface area contributed by atoms with Gasteiger partial charge in [0.1, 0.15) is 0 Å². The van der Waals surface area contributed by atoms with Crippen molar-refractivity contribution in [2.24, 2.45) is 0 Å². The summed E-state index contributed by atoms with van der Waals surface area (Å²) in [5.74, 6) is 0. The molecule has 90 valence electrons. The van der Waals surface area contributed by atoms with Crippen molar-refractivity contribution in [3.8, 4) is 0 Å². The van der Waals surface area contributed by atoms with Crippen LogP contribution >= 0.6 is 0 Å². The van der Waals surface area contributed by atoms with Crippen molar-refractivity contribution in [2.75, 3.05) is 13.6 Å². The SMILES string of the molecule is CC.CC.CN1CCCC2=C1CCCC2. The van der Waals surface area contributed by atoms with Crippen LogP contribution < -0.4 is 0 Å². The summed E-state index contributed by atoms with van der Waals surface area (Å²) in [5.41, 5.74) is 3.45. The maximum atomic E-state index is 2.47. The Balaban J connectivity index is 0.000000442. The van der Waals surface area contributed by atoms with Gasteiger partial charge in [-0.05, 0) is 38.5 Å². The highest BCUT2D eigenvalue weighted by molar-refractivity contribution is 5.18. The van der Waals surface area contributed by atoms with Crippen molar-refractivity contribution in [3.05, 3.63) is 11.3 Å². The van der Waals surface area contributed by atoms with Crippen LogP contribution in [-0.2, 0) is 0 Å². The molecule has 2 rings (SSSR count). The third kappa shape index (κ3) is 4.27. The third-order valence-electron chi connectivity index (χ3n) is 2.98. The molecule has 0 amide bonds. The van der Waals surface area contributed by atoms with Gasteiger partial charge in [0, 0.05) is 19.3 Å². The van der Waals surface area contributed by atoms with Gasteiger partial charge in [0.05, 0.1) is 0 Å². The topological polar surface area (TPSA) is 3.24 Å². The minimum absolute atomic E-state index is 1.29. The van der Waals surface area contributed by atoms with Crippen LogP contribution in [0.15, 0.2) is 11.3 Å². The normalized spacial score (nSPS) is 19.4. The minimum Gasteiger partial charge on any atom is -0.378 e. The molecule has 0 spiro atoms. The number of nitrogens with zero attached hydrogens (tertiary/aromatic N) is 1. The van der Waals surface area contributed by atoms with Gasteiger partial charge in [0.2, 0.25) is 0 Å². The van der Waals surface area contributed by atoms with E-state index in [0.29, 0.717) is 0 Å². The van der Waals surface area contributed by atoms with E-state index in [2.05, 4.69) is 11.9 Å². The first-order valence-electron chi connectivity index (χ1n) is 6.80. The smallest absolute Gasteiger partial charge is 0.0174 e. The van der Waals surface area contributed by atoms with Gasteiger partial charge >= 0.3 is 0 Å². The van der Waals surface area contributed by atoms with Crippen LogP contribution in [0.2, 0.25) is 0 Å². The Kier molecular flexibility index (Phi) is 8.55. The Morgan fingerprint density at radius 2 is 1.33 bits per heavy atom. The van der Waals surface area contributed by atoms with E-state index in [0.717, 1.165) is 0 Å². The van der Waals surface area contributed by atoms with E-state index in [1.54, 1.807) is 11.3 Å². The lowest BCUT2D eigenvalue weighted by Crippen LogP contribution is -2.26. The average molecular weight is 211 g/mol. The van der Waals surface area contributed by atoms with E-state index < -0.39 is 0 Å². The Labute approximate surface area is 96.6 Å². The molecule has 0 N–H and O–H groups in total. The Morgan fingerprint density at radius 3 is 1.93 bits per heavy atom. The van der Waals surface area contributed by atoms with E-state index in [9.17, 15) is 0 Å². The van der Waals surface area contributed by atoms with Crippen molar-refractivity contribution in [3.63, 3.8) is 0 Å². The Bertz CT molecular complexity index is 178. The molecule has 1 heterocycles. The first-order chi connectivity index (χ1) is 7.38. The van der Waals surface area contributed by atoms with Crippen LogP contribution in [0, 0.1) is 0 Å². The summed E-state index contributed by atoms with van der Waals surface area (Å²) >= 11 is 0. The van der Waals surface area contributed by atoms with E-state index >= 15 is 0 Å². The van der Waals surface area contributed by atoms with Crippen molar-refractivity contribution >= 4 is 0 Å². The predicted octanol–water partition coefficient (Wildman–Crippen LogP) is 4.59. The number of rotatable bonds is 0. The van der Waals surface area contributed by atoms with Gasteiger partial charge in [-0.1, -0.05) is 33.3 Å². The third-order valence-corrected chi connectivity index (χ3v) is 2.98. The molecule has 15 heavy (non-hydrogen) atoms. The highest BCUT2D eigenvalue weighted by Gasteiger charge is 2.19. The summed E-state index contributed by atoms with van der Waals surface area (Å²) in [6, 6.07) is 0. The highest BCUT2D eigenvalue weighted by atomic mass is 15.1. The summed E-state index contributed by atoms with van der Waals surface area (Å²) in [6.45, 7) is 9.29. The van der Waals surface area contributed by atoms with Gasteiger partial charge in [0.25, 0.3) is 0 Å². The van der Waals surface area contributed by atoms with Crippen LogP contribution in [-0.4, -0.2) is 18.5 Å². The molecule has 1 aliphatic heterocycles. The minimum atomic E-state index is 1.29. The molecule has 0 atom stereocenters. The van der Waals surface area contributed by atoms with E-state index in [1.165, 1.54) is 45.1 Å². The first-order valence-corrected chi connectivity index (χ1v) is 6.80. The summed E-state index contributed by atoms with van der Waals surface area (Å²) in [6.07, 6.45) is 8.37. The second-order valence-corrected chi connectivity index (χ2v) is 3.78. The molecule has 0 saturated heterocycles. The van der Waals surface area contributed by atoms with Gasteiger partial charge in [0.15, 0.2) is 0 Å². The molecule has 0 fully saturated rings. The number of allylic oxidation sites excluding steroid dienone is 2. The molecule has 2 aliphatic rings. The number of hydrogen-bond acceptors (Lipinski definition) is 1. The maximum Gasteiger partial charge on any atom is 0.0174 e. The van der Waals surface area contributed by atoms with Crippen molar-refractivity contribution in [1.29, 1.82) is 0 Å². The fourth-order valence-corrected chi connectivity index (χ4v) is 2.35. The summed E-state index contributed by atoms with van der Waals surface area (Å²) in [5, 5.41) is 0. The molecule has 0 bridgehead atoms.